The molecule has 1 N–H and O–H groups in total. The lowest BCUT2D eigenvalue weighted by Gasteiger charge is -2.21. The summed E-state index contributed by atoms with van der Waals surface area (Å²) in [5.74, 6) is -0.0576. The van der Waals surface area contributed by atoms with Crippen molar-refractivity contribution in [2.75, 3.05) is 18.1 Å². The first-order chi connectivity index (χ1) is 9.18. The SMILES string of the molecule is O=C(O)CCCCN1C(=O)CCOc2ccccc21. The molecule has 0 fully saturated rings. The first-order valence-electron chi connectivity index (χ1n) is 6.42. The summed E-state index contributed by atoms with van der Waals surface area (Å²) >= 11 is 0. The third-order valence-corrected chi connectivity index (χ3v) is 3.05. The number of carbonyl (C=O) groups excluding carboxylic acids is 1. The number of fused-ring (bicyclic) bond motifs is 1. The number of carbonyl (C=O) groups is 2. The van der Waals surface area contributed by atoms with Gasteiger partial charge in [0.25, 0.3) is 0 Å². The minimum absolute atomic E-state index is 0.0280. The Labute approximate surface area is 111 Å². The fourth-order valence-corrected chi connectivity index (χ4v) is 2.11. The summed E-state index contributed by atoms with van der Waals surface area (Å²) < 4.78 is 5.54. The number of carboxylic acids is 1. The Balaban J connectivity index is 2.04. The van der Waals surface area contributed by atoms with Gasteiger partial charge in [-0.15, -0.1) is 0 Å². The molecule has 0 bridgehead atoms. The van der Waals surface area contributed by atoms with Gasteiger partial charge in [-0.05, 0) is 25.0 Å². The van der Waals surface area contributed by atoms with E-state index in [1.165, 1.54) is 0 Å². The van der Waals surface area contributed by atoms with Crippen molar-refractivity contribution in [1.82, 2.24) is 0 Å². The molecule has 102 valence electrons. The molecule has 5 nitrogen and oxygen atoms in total. The van der Waals surface area contributed by atoms with Gasteiger partial charge in [0.2, 0.25) is 5.91 Å². The number of aliphatic carboxylic acids is 1. The highest BCUT2D eigenvalue weighted by molar-refractivity contribution is 5.95. The van der Waals surface area contributed by atoms with Crippen molar-refractivity contribution in [3.63, 3.8) is 0 Å². The molecule has 1 aliphatic heterocycles. The first kappa shape index (κ1) is 13.4. The molecule has 0 spiro atoms. The largest absolute Gasteiger partial charge is 0.491 e. The quantitative estimate of drug-likeness (QED) is 0.826. The average molecular weight is 263 g/mol. The van der Waals surface area contributed by atoms with Crippen LogP contribution in [0.3, 0.4) is 0 Å². The number of nitrogens with zero attached hydrogens (tertiary/aromatic N) is 1. The zero-order valence-corrected chi connectivity index (χ0v) is 10.7. The summed E-state index contributed by atoms with van der Waals surface area (Å²) in [7, 11) is 0. The van der Waals surface area contributed by atoms with E-state index in [0.717, 1.165) is 5.69 Å². The molecule has 1 aromatic carbocycles. The van der Waals surface area contributed by atoms with Crippen molar-refractivity contribution < 1.29 is 19.4 Å². The van der Waals surface area contributed by atoms with Crippen LogP contribution in [0.5, 0.6) is 5.75 Å². The molecule has 1 heterocycles. The molecule has 0 saturated carbocycles. The van der Waals surface area contributed by atoms with Crippen molar-refractivity contribution in [3.05, 3.63) is 24.3 Å². The van der Waals surface area contributed by atoms with Crippen molar-refractivity contribution in [2.24, 2.45) is 0 Å². The standard InChI is InChI=1S/C14H17NO4/c16-13-8-10-19-12-6-2-1-5-11(12)15(13)9-4-3-7-14(17)18/h1-2,5-6H,3-4,7-10H2,(H,17,18). The Morgan fingerprint density at radius 2 is 2.11 bits per heavy atom. The van der Waals surface area contributed by atoms with Crippen LogP contribution >= 0.6 is 0 Å². The number of para-hydroxylation sites is 2. The summed E-state index contributed by atoms with van der Waals surface area (Å²) in [6.45, 7) is 0.925. The smallest absolute Gasteiger partial charge is 0.303 e. The third kappa shape index (κ3) is 3.47. The van der Waals surface area contributed by atoms with E-state index in [-0.39, 0.29) is 12.3 Å². The van der Waals surface area contributed by atoms with Gasteiger partial charge in [0, 0.05) is 13.0 Å². The van der Waals surface area contributed by atoms with Gasteiger partial charge in [-0.25, -0.2) is 0 Å². The normalized spacial score (nSPS) is 14.5. The highest BCUT2D eigenvalue weighted by atomic mass is 16.5. The summed E-state index contributed by atoms with van der Waals surface area (Å²) in [5.41, 5.74) is 0.778. The predicted octanol–water partition coefficient (Wildman–Crippen LogP) is 2.06. The van der Waals surface area contributed by atoms with Crippen molar-refractivity contribution in [3.8, 4) is 5.75 Å². The molecular formula is C14H17NO4. The van der Waals surface area contributed by atoms with Gasteiger partial charge >= 0.3 is 5.97 Å². The maximum absolute atomic E-state index is 12.0. The minimum atomic E-state index is -0.800. The monoisotopic (exact) mass is 263 g/mol. The van der Waals surface area contributed by atoms with Crippen LogP contribution < -0.4 is 9.64 Å². The molecule has 0 saturated heterocycles. The summed E-state index contributed by atoms with van der Waals surface area (Å²) in [6.07, 6.45) is 1.74. The van der Waals surface area contributed by atoms with Gasteiger partial charge in [-0.3, -0.25) is 9.59 Å². The van der Waals surface area contributed by atoms with Gasteiger partial charge in [0.15, 0.2) is 0 Å². The lowest BCUT2D eigenvalue weighted by Crippen LogP contribution is -2.31. The summed E-state index contributed by atoms with van der Waals surface area (Å²) in [5, 5.41) is 8.60. The highest BCUT2D eigenvalue weighted by Gasteiger charge is 2.22. The number of rotatable bonds is 5. The Bertz CT molecular complexity index is 472. The van der Waals surface area contributed by atoms with Crippen LogP contribution in [0.2, 0.25) is 0 Å². The molecule has 19 heavy (non-hydrogen) atoms. The second kappa shape index (κ2) is 6.22. The van der Waals surface area contributed by atoms with Gasteiger partial charge in [-0.2, -0.15) is 0 Å². The number of anilines is 1. The van der Waals surface area contributed by atoms with E-state index in [1.807, 2.05) is 24.3 Å². The maximum Gasteiger partial charge on any atom is 0.303 e. The van der Waals surface area contributed by atoms with E-state index in [4.69, 9.17) is 9.84 Å². The number of hydrogen-bond donors (Lipinski definition) is 1. The number of hydrogen-bond acceptors (Lipinski definition) is 3. The van der Waals surface area contributed by atoms with Crippen LogP contribution in [0.15, 0.2) is 24.3 Å². The number of unbranched alkanes of at least 4 members (excludes halogenated alkanes) is 1. The molecule has 5 heteroatoms. The zero-order chi connectivity index (χ0) is 13.7. The Morgan fingerprint density at radius 3 is 2.89 bits per heavy atom. The van der Waals surface area contributed by atoms with E-state index < -0.39 is 5.97 Å². The number of carboxylic acid groups (broad SMARTS) is 1. The van der Waals surface area contributed by atoms with Crippen molar-refractivity contribution >= 4 is 17.6 Å². The fourth-order valence-electron chi connectivity index (χ4n) is 2.11. The molecule has 0 atom stereocenters. The fraction of sp³-hybridized carbons (Fsp3) is 0.429. The lowest BCUT2D eigenvalue weighted by molar-refractivity contribution is -0.137. The van der Waals surface area contributed by atoms with Crippen LogP contribution in [0.4, 0.5) is 5.69 Å². The molecule has 1 amide bonds. The summed E-state index contributed by atoms with van der Waals surface area (Å²) in [6, 6.07) is 7.44. The molecule has 1 aliphatic rings. The third-order valence-electron chi connectivity index (χ3n) is 3.05. The Kier molecular flexibility index (Phi) is 4.39. The number of ether oxygens (including phenoxy) is 1. The van der Waals surface area contributed by atoms with E-state index in [2.05, 4.69) is 0 Å². The van der Waals surface area contributed by atoms with Gasteiger partial charge < -0.3 is 14.7 Å². The van der Waals surface area contributed by atoms with Crippen LogP contribution in [-0.4, -0.2) is 30.1 Å². The molecule has 1 aromatic rings. The van der Waals surface area contributed by atoms with Crippen LogP contribution in [-0.2, 0) is 9.59 Å². The molecule has 0 unspecified atom stereocenters. The van der Waals surface area contributed by atoms with Crippen LogP contribution in [0, 0.1) is 0 Å². The van der Waals surface area contributed by atoms with Crippen LogP contribution in [0.25, 0.3) is 0 Å². The molecule has 2 rings (SSSR count). The van der Waals surface area contributed by atoms with Crippen molar-refractivity contribution in [2.45, 2.75) is 25.7 Å². The molecule has 0 aliphatic carbocycles. The Hall–Kier alpha value is -2.04. The summed E-state index contributed by atoms with van der Waals surface area (Å²) in [4.78, 5) is 24.2. The van der Waals surface area contributed by atoms with E-state index in [0.29, 0.717) is 38.2 Å². The zero-order valence-electron chi connectivity index (χ0n) is 10.7. The van der Waals surface area contributed by atoms with Crippen LogP contribution in [0.1, 0.15) is 25.7 Å². The average Bonchev–Trinajstić information content (AvgIpc) is 2.54. The van der Waals surface area contributed by atoms with Gasteiger partial charge in [0.1, 0.15) is 5.75 Å². The Morgan fingerprint density at radius 1 is 1.32 bits per heavy atom. The van der Waals surface area contributed by atoms with Gasteiger partial charge in [0.05, 0.1) is 18.7 Å². The minimum Gasteiger partial charge on any atom is -0.491 e. The topological polar surface area (TPSA) is 66.8 Å². The predicted molar refractivity (Wildman–Crippen MR) is 70.4 cm³/mol. The number of amides is 1. The first-order valence-corrected chi connectivity index (χ1v) is 6.42. The van der Waals surface area contributed by atoms with E-state index in [9.17, 15) is 9.59 Å². The second-order valence-electron chi connectivity index (χ2n) is 4.46. The molecular weight excluding hydrogens is 246 g/mol. The second-order valence-corrected chi connectivity index (χ2v) is 4.46. The number of benzene rings is 1. The lowest BCUT2D eigenvalue weighted by atomic mass is 10.2. The van der Waals surface area contributed by atoms with Crippen molar-refractivity contribution in [1.29, 1.82) is 0 Å². The van der Waals surface area contributed by atoms with E-state index in [1.54, 1.807) is 4.90 Å². The highest BCUT2D eigenvalue weighted by Crippen LogP contribution is 2.31. The molecule has 0 aromatic heterocycles. The van der Waals surface area contributed by atoms with E-state index >= 15 is 0 Å². The maximum atomic E-state index is 12.0. The molecule has 0 radical (unpaired) electrons. The van der Waals surface area contributed by atoms with Gasteiger partial charge in [-0.1, -0.05) is 12.1 Å².